The van der Waals surface area contributed by atoms with Crippen LogP contribution in [0.15, 0.2) is 57.3 Å². The number of Topliss-reactive ketones (excluding diaryl/α,β-unsaturated/α-hetero) is 1. The summed E-state index contributed by atoms with van der Waals surface area (Å²) in [6.45, 7) is 0. The van der Waals surface area contributed by atoms with Crippen molar-refractivity contribution in [2.45, 2.75) is 4.34 Å². The summed E-state index contributed by atoms with van der Waals surface area (Å²) in [6, 6.07) is 15.0. The van der Waals surface area contributed by atoms with E-state index in [-0.39, 0.29) is 5.78 Å². The third-order valence-corrected chi connectivity index (χ3v) is 5.77. The number of halogens is 1. The molecule has 23 heavy (non-hydrogen) atoms. The number of rotatable bonds is 4. The van der Waals surface area contributed by atoms with Crippen molar-refractivity contribution in [1.29, 1.82) is 0 Å². The molecule has 2 aromatic carbocycles. The van der Waals surface area contributed by atoms with Crippen LogP contribution in [-0.2, 0) is 0 Å². The molecular formula is C17H10ClNO2S2. The quantitative estimate of drug-likeness (QED) is 0.347. The highest BCUT2D eigenvalue weighted by molar-refractivity contribution is 8.01. The minimum Gasteiger partial charge on any atom is -0.453 e. The Morgan fingerprint density at radius 2 is 2.09 bits per heavy atom. The van der Waals surface area contributed by atoms with Gasteiger partial charge in [0.05, 0.1) is 16.0 Å². The normalized spacial score (nSPS) is 11.3. The fraction of sp³-hybridized carbons (Fsp3) is 0.0588. The maximum absolute atomic E-state index is 12.3. The number of carbonyl (C=O) groups is 1. The van der Waals surface area contributed by atoms with Gasteiger partial charge in [-0.2, -0.15) is 0 Å². The van der Waals surface area contributed by atoms with E-state index >= 15 is 0 Å². The summed E-state index contributed by atoms with van der Waals surface area (Å²) in [6.07, 6.45) is 0. The second-order valence-electron chi connectivity index (χ2n) is 4.95. The largest absolute Gasteiger partial charge is 0.453 e. The SMILES string of the molecule is O=C(CSc1nc2cc(Cl)ccc2s1)c1cc2ccccc2o1. The van der Waals surface area contributed by atoms with E-state index in [4.69, 9.17) is 16.0 Å². The molecule has 4 aromatic rings. The van der Waals surface area contributed by atoms with Gasteiger partial charge < -0.3 is 4.42 Å². The summed E-state index contributed by atoms with van der Waals surface area (Å²) in [5.41, 5.74) is 1.59. The molecule has 2 aromatic heterocycles. The van der Waals surface area contributed by atoms with Gasteiger partial charge in [0.2, 0.25) is 5.78 Å². The van der Waals surface area contributed by atoms with E-state index in [0.29, 0.717) is 16.5 Å². The van der Waals surface area contributed by atoms with Gasteiger partial charge in [-0.1, -0.05) is 41.6 Å². The van der Waals surface area contributed by atoms with Crippen LogP contribution in [-0.4, -0.2) is 16.5 Å². The van der Waals surface area contributed by atoms with Crippen LogP contribution in [0.2, 0.25) is 5.02 Å². The molecule has 0 saturated heterocycles. The summed E-state index contributed by atoms with van der Waals surface area (Å²) >= 11 is 8.94. The zero-order valence-corrected chi connectivity index (χ0v) is 14.2. The Hall–Kier alpha value is -1.82. The summed E-state index contributed by atoms with van der Waals surface area (Å²) in [4.78, 5) is 16.8. The Balaban J connectivity index is 1.51. The molecule has 6 heteroatoms. The highest BCUT2D eigenvalue weighted by atomic mass is 35.5. The summed E-state index contributed by atoms with van der Waals surface area (Å²) in [7, 11) is 0. The van der Waals surface area contributed by atoms with Crippen molar-refractivity contribution in [2.75, 3.05) is 5.75 Å². The number of para-hydroxylation sites is 1. The zero-order chi connectivity index (χ0) is 15.8. The van der Waals surface area contributed by atoms with E-state index in [1.807, 2.05) is 42.5 Å². The van der Waals surface area contributed by atoms with Crippen LogP contribution in [0.25, 0.3) is 21.2 Å². The molecule has 0 spiro atoms. The molecule has 0 atom stereocenters. The van der Waals surface area contributed by atoms with Gasteiger partial charge in [0, 0.05) is 10.4 Å². The predicted molar refractivity (Wildman–Crippen MR) is 95.9 cm³/mol. The van der Waals surface area contributed by atoms with Gasteiger partial charge in [0.25, 0.3) is 0 Å². The van der Waals surface area contributed by atoms with Crippen molar-refractivity contribution in [3.8, 4) is 0 Å². The van der Waals surface area contributed by atoms with Gasteiger partial charge in [0.1, 0.15) is 5.58 Å². The monoisotopic (exact) mass is 359 g/mol. The first-order valence-electron chi connectivity index (χ1n) is 6.90. The van der Waals surface area contributed by atoms with Crippen LogP contribution in [0.5, 0.6) is 0 Å². The van der Waals surface area contributed by atoms with Crippen LogP contribution in [0.3, 0.4) is 0 Å². The molecule has 0 bridgehead atoms. The van der Waals surface area contributed by atoms with E-state index in [1.165, 1.54) is 11.8 Å². The number of ketones is 1. The van der Waals surface area contributed by atoms with Crippen molar-refractivity contribution in [3.05, 3.63) is 59.3 Å². The first-order valence-corrected chi connectivity index (χ1v) is 9.08. The average Bonchev–Trinajstić information content (AvgIpc) is 3.15. The predicted octanol–water partition coefficient (Wildman–Crippen LogP) is 5.67. The Bertz CT molecular complexity index is 989. The Morgan fingerprint density at radius 1 is 1.22 bits per heavy atom. The van der Waals surface area contributed by atoms with Gasteiger partial charge in [-0.25, -0.2) is 4.98 Å². The Kier molecular flexibility index (Phi) is 3.85. The highest BCUT2D eigenvalue weighted by Gasteiger charge is 2.14. The van der Waals surface area contributed by atoms with Gasteiger partial charge >= 0.3 is 0 Å². The molecule has 4 rings (SSSR count). The molecule has 0 unspecified atom stereocenters. The Morgan fingerprint density at radius 3 is 2.96 bits per heavy atom. The molecular weight excluding hydrogens is 350 g/mol. The lowest BCUT2D eigenvalue weighted by Crippen LogP contribution is -1.99. The van der Waals surface area contributed by atoms with Crippen LogP contribution < -0.4 is 0 Å². The number of furan rings is 1. The number of thiazole rings is 1. The summed E-state index contributed by atoms with van der Waals surface area (Å²) in [5, 5.41) is 1.60. The molecule has 0 saturated carbocycles. The first kappa shape index (κ1) is 14.8. The van der Waals surface area contributed by atoms with Crippen molar-refractivity contribution in [3.63, 3.8) is 0 Å². The average molecular weight is 360 g/mol. The lowest BCUT2D eigenvalue weighted by Gasteiger charge is -1.94. The number of thioether (sulfide) groups is 1. The number of nitrogens with zero attached hydrogens (tertiary/aromatic N) is 1. The molecule has 0 aliphatic heterocycles. The van der Waals surface area contributed by atoms with Gasteiger partial charge in [-0.3, -0.25) is 4.79 Å². The van der Waals surface area contributed by atoms with Crippen molar-refractivity contribution in [1.82, 2.24) is 4.98 Å². The fourth-order valence-electron chi connectivity index (χ4n) is 2.26. The third kappa shape index (κ3) is 3.00. The first-order chi connectivity index (χ1) is 11.2. The second-order valence-corrected chi connectivity index (χ2v) is 7.64. The minimum atomic E-state index is -0.0384. The Labute approximate surface area is 145 Å². The van der Waals surface area contributed by atoms with Crippen LogP contribution in [0, 0.1) is 0 Å². The van der Waals surface area contributed by atoms with Crippen LogP contribution in [0.4, 0.5) is 0 Å². The van der Waals surface area contributed by atoms with E-state index in [1.54, 1.807) is 17.4 Å². The van der Waals surface area contributed by atoms with Gasteiger partial charge in [-0.05, 0) is 30.3 Å². The topological polar surface area (TPSA) is 43.1 Å². The second kappa shape index (κ2) is 6.00. The molecule has 0 aliphatic carbocycles. The molecule has 0 radical (unpaired) electrons. The number of hydrogen-bond acceptors (Lipinski definition) is 5. The number of benzene rings is 2. The number of fused-ring (bicyclic) bond motifs is 2. The maximum atomic E-state index is 12.3. The van der Waals surface area contributed by atoms with E-state index in [9.17, 15) is 4.79 Å². The fourth-order valence-corrected chi connectivity index (χ4v) is 4.34. The zero-order valence-electron chi connectivity index (χ0n) is 11.8. The van der Waals surface area contributed by atoms with Crippen molar-refractivity contribution >= 4 is 61.7 Å². The van der Waals surface area contributed by atoms with Crippen LogP contribution in [0.1, 0.15) is 10.6 Å². The lowest BCUT2D eigenvalue weighted by atomic mass is 10.2. The van der Waals surface area contributed by atoms with Gasteiger partial charge in [-0.15, -0.1) is 11.3 Å². The number of hydrogen-bond donors (Lipinski definition) is 0. The van der Waals surface area contributed by atoms with E-state index in [0.717, 1.165) is 25.5 Å². The minimum absolute atomic E-state index is 0.0384. The summed E-state index contributed by atoms with van der Waals surface area (Å²) in [5.74, 6) is 0.652. The smallest absolute Gasteiger partial charge is 0.208 e. The third-order valence-electron chi connectivity index (χ3n) is 3.36. The van der Waals surface area contributed by atoms with Crippen molar-refractivity contribution in [2.24, 2.45) is 0 Å². The number of aromatic nitrogens is 1. The lowest BCUT2D eigenvalue weighted by molar-refractivity contribution is 0.0994. The van der Waals surface area contributed by atoms with E-state index < -0.39 is 0 Å². The highest BCUT2D eigenvalue weighted by Crippen LogP contribution is 2.31. The van der Waals surface area contributed by atoms with Crippen LogP contribution >= 0.6 is 34.7 Å². The molecule has 0 amide bonds. The molecule has 0 aliphatic rings. The van der Waals surface area contributed by atoms with Gasteiger partial charge in [0.15, 0.2) is 10.1 Å². The number of carbonyl (C=O) groups excluding carboxylic acids is 1. The van der Waals surface area contributed by atoms with E-state index in [2.05, 4.69) is 4.98 Å². The molecule has 114 valence electrons. The molecule has 0 fully saturated rings. The summed E-state index contributed by atoms with van der Waals surface area (Å²) < 4.78 is 7.51. The standard InChI is InChI=1S/C17H10ClNO2S2/c18-11-5-6-16-12(8-11)19-17(23-16)22-9-13(20)15-7-10-3-1-2-4-14(10)21-15/h1-8H,9H2. The molecule has 3 nitrogen and oxygen atoms in total. The van der Waals surface area contributed by atoms with Crippen molar-refractivity contribution < 1.29 is 9.21 Å². The molecule has 0 N–H and O–H groups in total. The maximum Gasteiger partial charge on any atom is 0.208 e. The molecule has 2 heterocycles.